The topological polar surface area (TPSA) is 69.6 Å². The number of alkyl halides is 3. The third-order valence-corrected chi connectivity index (χ3v) is 7.78. The summed E-state index contributed by atoms with van der Waals surface area (Å²) in [6.45, 7) is 2.99. The number of hydrogen-bond acceptors (Lipinski definition) is 5. The van der Waals surface area contributed by atoms with Crippen LogP contribution in [-0.4, -0.2) is 53.4 Å². The van der Waals surface area contributed by atoms with Crippen LogP contribution < -0.4 is 5.32 Å². The van der Waals surface area contributed by atoms with E-state index in [-0.39, 0.29) is 11.9 Å². The van der Waals surface area contributed by atoms with Crippen molar-refractivity contribution in [3.8, 4) is 10.4 Å². The molecular formula is C26H26ClF3N2O3S2. The quantitative estimate of drug-likeness (QED) is 0.318. The van der Waals surface area contributed by atoms with E-state index in [4.69, 9.17) is 21.5 Å². The van der Waals surface area contributed by atoms with Gasteiger partial charge in [-0.1, -0.05) is 35.9 Å². The Labute approximate surface area is 226 Å². The molecule has 0 radical (unpaired) electrons. The fourth-order valence-corrected chi connectivity index (χ4v) is 5.24. The smallest absolute Gasteiger partial charge is 0.475 e. The molecular weight excluding hydrogens is 545 g/mol. The molecule has 0 saturated carbocycles. The number of thioether (sulfide) groups is 1. The molecule has 2 aromatic carbocycles. The van der Waals surface area contributed by atoms with Crippen molar-refractivity contribution >= 4 is 46.6 Å². The first-order chi connectivity index (χ1) is 17.5. The molecule has 1 aliphatic heterocycles. The summed E-state index contributed by atoms with van der Waals surface area (Å²) in [5, 5.41) is 11.1. The number of aliphatic carboxylic acids is 1. The number of carboxylic acid groups (broad SMARTS) is 1. The average Bonchev–Trinajstić information content (AvgIpc) is 3.36. The molecule has 1 fully saturated rings. The van der Waals surface area contributed by atoms with Crippen molar-refractivity contribution in [2.24, 2.45) is 0 Å². The van der Waals surface area contributed by atoms with Gasteiger partial charge in [0.05, 0.1) is 4.88 Å². The normalized spacial score (nSPS) is 14.5. The second-order valence-electron chi connectivity index (χ2n) is 8.35. The highest BCUT2D eigenvalue weighted by molar-refractivity contribution is 7.98. The Morgan fingerprint density at radius 3 is 2.32 bits per heavy atom. The first-order valence-electron chi connectivity index (χ1n) is 11.4. The van der Waals surface area contributed by atoms with Crippen molar-refractivity contribution in [1.82, 2.24) is 10.2 Å². The maximum atomic E-state index is 12.7. The summed E-state index contributed by atoms with van der Waals surface area (Å²) in [7, 11) is 0. The molecule has 0 spiro atoms. The van der Waals surface area contributed by atoms with Gasteiger partial charge in [-0.3, -0.25) is 9.69 Å². The van der Waals surface area contributed by atoms with Crippen LogP contribution in [0.2, 0.25) is 5.02 Å². The highest BCUT2D eigenvalue weighted by atomic mass is 35.5. The number of benzene rings is 2. The van der Waals surface area contributed by atoms with Gasteiger partial charge in [0.2, 0.25) is 0 Å². The van der Waals surface area contributed by atoms with Crippen LogP contribution in [0, 0.1) is 0 Å². The van der Waals surface area contributed by atoms with Crippen LogP contribution in [0.5, 0.6) is 0 Å². The lowest BCUT2D eigenvalue weighted by atomic mass is 10.0. The second kappa shape index (κ2) is 13.3. The number of rotatable bonds is 6. The molecule has 0 bridgehead atoms. The first-order valence-corrected chi connectivity index (χ1v) is 13.8. The number of carbonyl (C=O) groups is 2. The predicted molar refractivity (Wildman–Crippen MR) is 142 cm³/mol. The van der Waals surface area contributed by atoms with E-state index in [0.29, 0.717) is 5.02 Å². The van der Waals surface area contributed by atoms with Crippen molar-refractivity contribution in [1.29, 1.82) is 0 Å². The van der Waals surface area contributed by atoms with Gasteiger partial charge < -0.3 is 10.4 Å². The minimum absolute atomic E-state index is 0.0272. The van der Waals surface area contributed by atoms with Crippen molar-refractivity contribution < 1.29 is 27.9 Å². The van der Waals surface area contributed by atoms with Crippen molar-refractivity contribution in [3.63, 3.8) is 0 Å². The van der Waals surface area contributed by atoms with Crippen LogP contribution in [0.15, 0.2) is 65.6 Å². The van der Waals surface area contributed by atoms with E-state index in [2.05, 4.69) is 40.7 Å². The summed E-state index contributed by atoms with van der Waals surface area (Å²) >= 11 is 9.37. The molecule has 37 heavy (non-hydrogen) atoms. The second-order valence-corrected chi connectivity index (χ2v) is 10.7. The third kappa shape index (κ3) is 9.07. The van der Waals surface area contributed by atoms with Gasteiger partial charge in [-0.25, -0.2) is 4.79 Å². The number of carbonyl (C=O) groups excluding carboxylic acids is 1. The molecule has 2 heterocycles. The van der Waals surface area contributed by atoms with E-state index in [0.717, 1.165) is 47.8 Å². The van der Waals surface area contributed by atoms with Crippen molar-refractivity contribution in [3.05, 3.63) is 76.1 Å². The highest BCUT2D eigenvalue weighted by Crippen LogP contribution is 2.30. The van der Waals surface area contributed by atoms with Crippen LogP contribution >= 0.6 is 34.7 Å². The summed E-state index contributed by atoms with van der Waals surface area (Å²) in [5.74, 6) is -2.73. The maximum absolute atomic E-state index is 12.7. The Morgan fingerprint density at radius 1 is 1.11 bits per heavy atom. The summed E-state index contributed by atoms with van der Waals surface area (Å²) in [6, 6.07) is 20.7. The minimum Gasteiger partial charge on any atom is -0.475 e. The number of carboxylic acids is 1. The Morgan fingerprint density at radius 2 is 1.76 bits per heavy atom. The largest absolute Gasteiger partial charge is 0.490 e. The molecule has 0 atom stereocenters. The van der Waals surface area contributed by atoms with Crippen molar-refractivity contribution in [2.45, 2.75) is 36.5 Å². The van der Waals surface area contributed by atoms with Crippen LogP contribution in [0.1, 0.15) is 28.1 Å². The summed E-state index contributed by atoms with van der Waals surface area (Å²) in [5.41, 5.74) is 2.40. The van der Waals surface area contributed by atoms with Crippen LogP contribution in [0.3, 0.4) is 0 Å². The van der Waals surface area contributed by atoms with Crippen molar-refractivity contribution in [2.75, 3.05) is 19.3 Å². The molecule has 1 saturated heterocycles. The maximum Gasteiger partial charge on any atom is 0.490 e. The van der Waals surface area contributed by atoms with E-state index in [1.807, 2.05) is 36.4 Å². The molecule has 1 amide bonds. The molecule has 3 aromatic rings. The minimum atomic E-state index is -5.08. The summed E-state index contributed by atoms with van der Waals surface area (Å²) in [6.07, 6.45) is -1.01. The Kier molecular flexibility index (Phi) is 10.5. The Balaban J connectivity index is 0.000000479. The molecule has 5 nitrogen and oxygen atoms in total. The Hall–Kier alpha value is -2.53. The number of halogens is 4. The van der Waals surface area contributed by atoms with E-state index in [1.165, 1.54) is 21.8 Å². The number of amides is 1. The summed E-state index contributed by atoms with van der Waals surface area (Å²) < 4.78 is 31.7. The standard InChI is InChI=1S/C24H25ClN2OS2.C2HF3O2/c1-29-21-7-5-17(6-8-21)16-27-13-11-20(12-14-27)26-24(28)23-10-9-22(30-23)18-3-2-4-19(25)15-18;3-2(4,5)1(6)7/h2-10,15,20H,11-14,16H2,1H3,(H,26,28);(H,6,7). The lowest BCUT2D eigenvalue weighted by molar-refractivity contribution is -0.192. The number of nitrogens with one attached hydrogen (secondary N) is 1. The van der Waals surface area contributed by atoms with Crippen LogP contribution in [-0.2, 0) is 11.3 Å². The van der Waals surface area contributed by atoms with Crippen LogP contribution in [0.25, 0.3) is 10.4 Å². The fraction of sp³-hybridized carbons (Fsp3) is 0.308. The van der Waals surface area contributed by atoms with E-state index < -0.39 is 12.1 Å². The third-order valence-electron chi connectivity index (χ3n) is 5.67. The molecule has 198 valence electrons. The predicted octanol–water partition coefficient (Wildman–Crippen LogP) is 6.82. The molecule has 1 aromatic heterocycles. The van der Waals surface area contributed by atoms with Gasteiger partial charge in [0.15, 0.2) is 0 Å². The Bertz CT molecular complexity index is 1190. The van der Waals surface area contributed by atoms with Gasteiger partial charge >= 0.3 is 12.1 Å². The van der Waals surface area contributed by atoms with E-state index in [9.17, 15) is 18.0 Å². The molecule has 4 rings (SSSR count). The van der Waals surface area contributed by atoms with E-state index >= 15 is 0 Å². The zero-order valence-electron chi connectivity index (χ0n) is 19.9. The van der Waals surface area contributed by atoms with Gasteiger partial charge in [-0.05, 0) is 66.6 Å². The molecule has 1 aliphatic rings. The first kappa shape index (κ1) is 29.0. The molecule has 11 heteroatoms. The lowest BCUT2D eigenvalue weighted by Crippen LogP contribution is -2.44. The zero-order valence-corrected chi connectivity index (χ0v) is 22.3. The number of likely N-dealkylation sites (tertiary alicyclic amines) is 1. The van der Waals surface area contributed by atoms with Gasteiger partial charge in [0.25, 0.3) is 5.91 Å². The number of nitrogens with zero attached hydrogens (tertiary/aromatic N) is 1. The number of piperidine rings is 1. The monoisotopic (exact) mass is 570 g/mol. The SMILES string of the molecule is CSc1ccc(CN2CCC(NC(=O)c3ccc(-c4cccc(Cl)c4)s3)CC2)cc1.O=C(O)C(F)(F)F. The van der Waals surface area contributed by atoms with Gasteiger partial charge in [0, 0.05) is 40.5 Å². The van der Waals surface area contributed by atoms with E-state index in [1.54, 1.807) is 11.8 Å². The molecule has 2 N–H and O–H groups in total. The fourth-order valence-electron chi connectivity index (χ4n) is 3.74. The summed E-state index contributed by atoms with van der Waals surface area (Å²) in [4.78, 5) is 27.2. The molecule has 0 unspecified atom stereocenters. The number of thiophene rings is 1. The van der Waals surface area contributed by atoms with Gasteiger partial charge in [-0.15, -0.1) is 23.1 Å². The van der Waals surface area contributed by atoms with Gasteiger partial charge in [-0.2, -0.15) is 13.2 Å². The lowest BCUT2D eigenvalue weighted by Gasteiger charge is -2.32. The van der Waals surface area contributed by atoms with Gasteiger partial charge in [0.1, 0.15) is 0 Å². The zero-order chi connectivity index (χ0) is 27.0. The number of hydrogen-bond donors (Lipinski definition) is 2. The molecule has 0 aliphatic carbocycles. The van der Waals surface area contributed by atoms with Crippen LogP contribution in [0.4, 0.5) is 13.2 Å². The highest BCUT2D eigenvalue weighted by Gasteiger charge is 2.38. The average molecular weight is 571 g/mol.